The highest BCUT2D eigenvalue weighted by molar-refractivity contribution is 5.65. The minimum absolute atomic E-state index is 0.150. The summed E-state index contributed by atoms with van der Waals surface area (Å²) in [5.74, 6) is 0.707. The largest absolute Gasteiger partial charge is 0.497 e. The average molecular weight is 375 g/mol. The standard InChI is InChI=1S/C20H23F2N3O2/c1-6-24-19(14-8-7-13(27-5)10-16(14)18(21)22)23-25-12(4)9-15(11(2)3)17(25)20(24)26/h7-11,18H,6H2,1-5H3. The van der Waals surface area contributed by atoms with Gasteiger partial charge in [0.2, 0.25) is 0 Å². The van der Waals surface area contributed by atoms with Gasteiger partial charge in [-0.1, -0.05) is 13.8 Å². The van der Waals surface area contributed by atoms with Crippen molar-refractivity contribution < 1.29 is 13.5 Å². The fraction of sp³-hybridized carbons (Fsp3) is 0.400. The van der Waals surface area contributed by atoms with Crippen LogP contribution in [0.25, 0.3) is 16.9 Å². The monoisotopic (exact) mass is 375 g/mol. The molecular formula is C20H23F2N3O2. The molecule has 27 heavy (non-hydrogen) atoms. The zero-order valence-electron chi connectivity index (χ0n) is 16.1. The van der Waals surface area contributed by atoms with E-state index in [4.69, 9.17) is 4.74 Å². The Labute approximate surface area is 156 Å². The molecular weight excluding hydrogens is 352 g/mol. The third kappa shape index (κ3) is 3.11. The minimum atomic E-state index is -2.72. The van der Waals surface area contributed by atoms with Gasteiger partial charge < -0.3 is 4.74 Å². The summed E-state index contributed by atoms with van der Waals surface area (Å²) in [6, 6.07) is 6.35. The van der Waals surface area contributed by atoms with Crippen molar-refractivity contribution in [1.82, 2.24) is 14.2 Å². The number of halogens is 2. The van der Waals surface area contributed by atoms with Crippen LogP contribution in [-0.4, -0.2) is 21.3 Å². The van der Waals surface area contributed by atoms with E-state index >= 15 is 0 Å². The molecule has 0 N–H and O–H groups in total. The second-order valence-electron chi connectivity index (χ2n) is 6.78. The molecule has 0 aliphatic heterocycles. The van der Waals surface area contributed by atoms with Crippen molar-refractivity contribution in [3.63, 3.8) is 0 Å². The van der Waals surface area contributed by atoms with E-state index in [1.165, 1.54) is 23.8 Å². The minimum Gasteiger partial charge on any atom is -0.497 e. The van der Waals surface area contributed by atoms with Gasteiger partial charge in [-0.3, -0.25) is 9.36 Å². The van der Waals surface area contributed by atoms with Gasteiger partial charge in [-0.25, -0.2) is 13.3 Å². The summed E-state index contributed by atoms with van der Waals surface area (Å²) in [4.78, 5) is 13.2. The maximum absolute atomic E-state index is 13.7. The summed E-state index contributed by atoms with van der Waals surface area (Å²) in [5, 5.41) is 4.58. The summed E-state index contributed by atoms with van der Waals surface area (Å²) < 4.78 is 35.5. The van der Waals surface area contributed by atoms with E-state index in [0.717, 1.165) is 11.3 Å². The Morgan fingerprint density at radius 3 is 2.44 bits per heavy atom. The highest BCUT2D eigenvalue weighted by Gasteiger charge is 2.23. The van der Waals surface area contributed by atoms with Crippen molar-refractivity contribution in [3.05, 3.63) is 51.4 Å². The number of fused-ring (bicyclic) bond motifs is 1. The van der Waals surface area contributed by atoms with Crippen molar-refractivity contribution in [2.75, 3.05) is 7.11 Å². The molecule has 1 aromatic carbocycles. The van der Waals surface area contributed by atoms with Crippen molar-refractivity contribution in [1.29, 1.82) is 0 Å². The normalized spacial score (nSPS) is 11.7. The molecule has 0 atom stereocenters. The number of hydrogen-bond acceptors (Lipinski definition) is 3. The van der Waals surface area contributed by atoms with E-state index in [1.807, 2.05) is 26.8 Å². The molecule has 2 aromatic heterocycles. The average Bonchev–Trinajstić information content (AvgIpc) is 2.98. The number of nitrogens with zero attached hydrogens (tertiary/aromatic N) is 3. The van der Waals surface area contributed by atoms with E-state index in [-0.39, 0.29) is 28.4 Å². The lowest BCUT2D eigenvalue weighted by Crippen LogP contribution is -2.26. The molecule has 3 aromatic rings. The van der Waals surface area contributed by atoms with Gasteiger partial charge >= 0.3 is 0 Å². The van der Waals surface area contributed by atoms with Crippen molar-refractivity contribution in [3.8, 4) is 17.1 Å². The first-order chi connectivity index (χ1) is 12.8. The molecule has 2 heterocycles. The van der Waals surface area contributed by atoms with E-state index in [2.05, 4.69) is 5.10 Å². The summed E-state index contributed by atoms with van der Waals surface area (Å²) in [6.07, 6.45) is -2.72. The van der Waals surface area contributed by atoms with Gasteiger partial charge in [0.05, 0.1) is 7.11 Å². The molecule has 0 bridgehead atoms. The van der Waals surface area contributed by atoms with Crippen molar-refractivity contribution in [2.24, 2.45) is 0 Å². The fourth-order valence-corrected chi connectivity index (χ4v) is 3.35. The molecule has 3 rings (SSSR count). The van der Waals surface area contributed by atoms with Crippen LogP contribution in [-0.2, 0) is 6.54 Å². The Kier molecular flexibility index (Phi) is 5.04. The Morgan fingerprint density at radius 1 is 1.19 bits per heavy atom. The molecule has 0 spiro atoms. The molecule has 7 heteroatoms. The van der Waals surface area contributed by atoms with Crippen LogP contribution in [0.15, 0.2) is 29.1 Å². The number of aryl methyl sites for hydroxylation is 1. The predicted octanol–water partition coefficient (Wildman–Crippen LogP) is 4.56. The second kappa shape index (κ2) is 7.13. The number of aromatic nitrogens is 3. The van der Waals surface area contributed by atoms with Crippen LogP contribution in [0.2, 0.25) is 0 Å². The first kappa shape index (κ1) is 19.1. The van der Waals surface area contributed by atoms with Gasteiger partial charge in [0, 0.05) is 23.4 Å². The van der Waals surface area contributed by atoms with Crippen molar-refractivity contribution in [2.45, 2.75) is 46.6 Å². The van der Waals surface area contributed by atoms with E-state index in [0.29, 0.717) is 17.8 Å². The lowest BCUT2D eigenvalue weighted by molar-refractivity contribution is 0.151. The highest BCUT2D eigenvalue weighted by atomic mass is 19.3. The number of hydrogen-bond donors (Lipinski definition) is 0. The van der Waals surface area contributed by atoms with E-state index in [9.17, 15) is 13.6 Å². The van der Waals surface area contributed by atoms with Gasteiger partial charge in [0.1, 0.15) is 11.3 Å². The zero-order chi connectivity index (χ0) is 19.9. The molecule has 0 unspecified atom stereocenters. The van der Waals surface area contributed by atoms with Crippen molar-refractivity contribution >= 4 is 5.52 Å². The molecule has 0 amide bonds. The third-order valence-electron chi connectivity index (χ3n) is 4.75. The molecule has 0 saturated heterocycles. The predicted molar refractivity (Wildman–Crippen MR) is 101 cm³/mol. The summed E-state index contributed by atoms with van der Waals surface area (Å²) >= 11 is 0. The molecule has 144 valence electrons. The molecule has 0 aliphatic rings. The molecule has 0 radical (unpaired) electrons. The Bertz CT molecular complexity index is 1050. The molecule has 0 fully saturated rings. The summed E-state index contributed by atoms with van der Waals surface area (Å²) in [7, 11) is 1.42. The van der Waals surface area contributed by atoms with Crippen LogP contribution in [0.5, 0.6) is 5.75 Å². The van der Waals surface area contributed by atoms with Crippen LogP contribution in [0.3, 0.4) is 0 Å². The quantitative estimate of drug-likeness (QED) is 0.657. The van der Waals surface area contributed by atoms with Gasteiger partial charge in [0.25, 0.3) is 12.0 Å². The van der Waals surface area contributed by atoms with Gasteiger partial charge in [0.15, 0.2) is 5.82 Å². The van der Waals surface area contributed by atoms with E-state index < -0.39 is 6.43 Å². The third-order valence-corrected chi connectivity index (χ3v) is 4.75. The second-order valence-corrected chi connectivity index (χ2v) is 6.78. The number of rotatable bonds is 5. The highest BCUT2D eigenvalue weighted by Crippen LogP contribution is 2.33. The van der Waals surface area contributed by atoms with Gasteiger partial charge in [-0.2, -0.15) is 0 Å². The van der Waals surface area contributed by atoms with Gasteiger partial charge in [-0.05, 0) is 49.6 Å². The number of ether oxygens (including phenoxy) is 1. The summed E-state index contributed by atoms with van der Waals surface area (Å²) in [5.41, 5.74) is 1.99. The lowest BCUT2D eigenvalue weighted by Gasteiger charge is -2.16. The molecule has 0 aliphatic carbocycles. The number of alkyl halides is 2. The van der Waals surface area contributed by atoms with Crippen LogP contribution < -0.4 is 10.3 Å². The Balaban J connectivity index is 2.40. The van der Waals surface area contributed by atoms with Gasteiger partial charge in [-0.15, -0.1) is 5.10 Å². The first-order valence-electron chi connectivity index (χ1n) is 8.89. The summed E-state index contributed by atoms with van der Waals surface area (Å²) in [6.45, 7) is 8.01. The smallest absolute Gasteiger partial charge is 0.278 e. The maximum Gasteiger partial charge on any atom is 0.278 e. The van der Waals surface area contributed by atoms with E-state index in [1.54, 1.807) is 17.5 Å². The molecule has 0 saturated carbocycles. The maximum atomic E-state index is 13.7. The lowest BCUT2D eigenvalue weighted by atomic mass is 10.0. The zero-order valence-corrected chi connectivity index (χ0v) is 16.1. The Hall–Kier alpha value is -2.70. The van der Waals surface area contributed by atoms with Crippen LogP contribution in [0.1, 0.15) is 49.9 Å². The van der Waals surface area contributed by atoms with Crippen LogP contribution in [0.4, 0.5) is 8.78 Å². The number of benzene rings is 1. The fourth-order valence-electron chi connectivity index (χ4n) is 3.35. The SMILES string of the molecule is CCn1c(-c2ccc(OC)cc2C(F)F)nn2c(C)cc(C(C)C)c2c1=O. The van der Waals surface area contributed by atoms with Crippen LogP contribution in [0, 0.1) is 6.92 Å². The Morgan fingerprint density at radius 2 is 1.89 bits per heavy atom. The molecule has 5 nitrogen and oxygen atoms in total. The van der Waals surface area contributed by atoms with Crippen LogP contribution >= 0.6 is 0 Å². The first-order valence-corrected chi connectivity index (χ1v) is 8.89. The number of methoxy groups -OCH3 is 1. The topological polar surface area (TPSA) is 48.5 Å².